The largest absolute Gasteiger partial charge is 0.356 e. The van der Waals surface area contributed by atoms with Crippen molar-refractivity contribution in [3.8, 4) is 0 Å². The lowest BCUT2D eigenvalue weighted by atomic mass is 10.1. The highest BCUT2D eigenvalue weighted by Crippen LogP contribution is 2.10. The fraction of sp³-hybridized carbons (Fsp3) is 0.955. The van der Waals surface area contributed by atoms with Gasteiger partial charge in [-0.05, 0) is 64.8 Å². The van der Waals surface area contributed by atoms with Crippen molar-refractivity contribution in [2.24, 2.45) is 5.73 Å². The summed E-state index contributed by atoms with van der Waals surface area (Å²) >= 11 is 0. The van der Waals surface area contributed by atoms with Gasteiger partial charge < -0.3 is 21.7 Å². The fourth-order valence-electron chi connectivity index (χ4n) is 3.10. The zero-order chi connectivity index (χ0) is 19.8. The molecule has 5 heteroatoms. The second kappa shape index (κ2) is 23.4. The molecular weight excluding hydrogens is 336 g/mol. The van der Waals surface area contributed by atoms with Crippen molar-refractivity contribution in [3.05, 3.63) is 0 Å². The topological polar surface area (TPSA) is 79.2 Å². The summed E-state index contributed by atoms with van der Waals surface area (Å²) in [6, 6.07) is 0. The Morgan fingerprint density at radius 2 is 1.15 bits per heavy atom. The molecule has 0 aliphatic carbocycles. The van der Waals surface area contributed by atoms with Crippen molar-refractivity contribution < 1.29 is 4.79 Å². The van der Waals surface area contributed by atoms with Gasteiger partial charge >= 0.3 is 0 Å². The molecule has 0 rings (SSSR count). The summed E-state index contributed by atoms with van der Waals surface area (Å²) in [5.74, 6) is 0.224. The third-order valence-electron chi connectivity index (χ3n) is 4.87. The molecule has 0 aliphatic rings. The van der Waals surface area contributed by atoms with Gasteiger partial charge in [0.25, 0.3) is 0 Å². The Labute approximate surface area is 169 Å². The summed E-state index contributed by atoms with van der Waals surface area (Å²) in [7, 11) is 0. The summed E-state index contributed by atoms with van der Waals surface area (Å²) in [4.78, 5) is 11.8. The highest BCUT2D eigenvalue weighted by molar-refractivity contribution is 5.75. The smallest absolute Gasteiger partial charge is 0.219 e. The van der Waals surface area contributed by atoms with E-state index in [1.807, 2.05) is 0 Å². The molecule has 0 heterocycles. The molecule has 0 atom stereocenters. The average Bonchev–Trinajstić information content (AvgIpc) is 2.67. The minimum atomic E-state index is 0.224. The van der Waals surface area contributed by atoms with E-state index < -0.39 is 0 Å². The lowest BCUT2D eigenvalue weighted by Gasteiger charge is -2.07. The number of amides is 1. The minimum Gasteiger partial charge on any atom is -0.356 e. The summed E-state index contributed by atoms with van der Waals surface area (Å²) < 4.78 is 0. The highest BCUT2D eigenvalue weighted by atomic mass is 16.1. The minimum absolute atomic E-state index is 0.224. The lowest BCUT2D eigenvalue weighted by molar-refractivity contribution is -0.121. The first-order valence-corrected chi connectivity index (χ1v) is 11.7. The molecule has 0 bridgehead atoms. The van der Waals surface area contributed by atoms with Crippen molar-refractivity contribution in [1.82, 2.24) is 16.0 Å². The van der Waals surface area contributed by atoms with Crippen molar-refractivity contribution in [3.63, 3.8) is 0 Å². The molecule has 0 radical (unpaired) electrons. The van der Waals surface area contributed by atoms with Crippen molar-refractivity contribution in [1.29, 1.82) is 0 Å². The zero-order valence-corrected chi connectivity index (χ0v) is 18.1. The predicted molar refractivity (Wildman–Crippen MR) is 118 cm³/mol. The number of carbonyl (C=O) groups is 1. The van der Waals surface area contributed by atoms with E-state index in [0.29, 0.717) is 6.42 Å². The van der Waals surface area contributed by atoms with E-state index in [-0.39, 0.29) is 5.91 Å². The molecule has 0 saturated heterocycles. The van der Waals surface area contributed by atoms with Crippen LogP contribution in [0.25, 0.3) is 0 Å². The molecule has 0 unspecified atom stereocenters. The molecule has 0 saturated carbocycles. The summed E-state index contributed by atoms with van der Waals surface area (Å²) in [5.41, 5.74) is 5.45. The third kappa shape index (κ3) is 23.3. The van der Waals surface area contributed by atoms with Crippen LogP contribution in [0.15, 0.2) is 0 Å². The molecule has 1 amide bonds. The molecule has 0 fully saturated rings. The van der Waals surface area contributed by atoms with Crippen LogP contribution in [0.5, 0.6) is 0 Å². The second-order valence-electron chi connectivity index (χ2n) is 7.63. The number of nitrogens with one attached hydrogen (secondary N) is 3. The van der Waals surface area contributed by atoms with Crippen LogP contribution in [0.4, 0.5) is 0 Å². The van der Waals surface area contributed by atoms with E-state index in [1.54, 1.807) is 0 Å². The molecule has 0 aromatic heterocycles. The molecule has 5 nitrogen and oxygen atoms in total. The average molecular weight is 385 g/mol. The van der Waals surface area contributed by atoms with E-state index in [2.05, 4.69) is 22.9 Å². The Hall–Kier alpha value is -0.650. The van der Waals surface area contributed by atoms with Gasteiger partial charge in [-0.2, -0.15) is 0 Å². The van der Waals surface area contributed by atoms with Crippen LogP contribution in [0.1, 0.15) is 96.8 Å². The van der Waals surface area contributed by atoms with Gasteiger partial charge in [-0.15, -0.1) is 0 Å². The Morgan fingerprint density at radius 1 is 0.630 bits per heavy atom. The Kier molecular flexibility index (Phi) is 22.8. The number of hydrogen-bond donors (Lipinski definition) is 4. The van der Waals surface area contributed by atoms with Gasteiger partial charge in [0.05, 0.1) is 0 Å². The molecule has 27 heavy (non-hydrogen) atoms. The van der Waals surface area contributed by atoms with Crippen LogP contribution in [-0.4, -0.2) is 45.2 Å². The summed E-state index contributed by atoms with van der Waals surface area (Å²) in [5, 5.41) is 9.88. The van der Waals surface area contributed by atoms with E-state index >= 15 is 0 Å². The first-order valence-electron chi connectivity index (χ1n) is 11.7. The summed E-state index contributed by atoms with van der Waals surface area (Å²) in [6.07, 6.45) is 16.9. The predicted octanol–water partition coefficient (Wildman–Crippen LogP) is 3.72. The Balaban J connectivity index is 3.13. The maximum atomic E-state index is 11.8. The highest BCUT2D eigenvalue weighted by Gasteiger charge is 2.00. The normalized spacial score (nSPS) is 11.0. The van der Waals surface area contributed by atoms with Gasteiger partial charge in [0.2, 0.25) is 5.91 Å². The SMILES string of the molecule is CCCCCCCCCCCC(=O)NCCCNCCCCNCCCN. The standard InChI is InChI=1S/C22H48N4O/c1-2-3-4-5-6-7-8-9-10-15-22(27)26-21-14-20-25-18-12-11-17-24-19-13-16-23/h24-25H,2-21,23H2,1H3,(H,26,27). The van der Waals surface area contributed by atoms with Gasteiger partial charge in [-0.25, -0.2) is 0 Å². The van der Waals surface area contributed by atoms with E-state index in [1.165, 1.54) is 64.2 Å². The first-order chi connectivity index (χ1) is 13.3. The van der Waals surface area contributed by atoms with Crippen LogP contribution in [0, 0.1) is 0 Å². The molecule has 0 aliphatic heterocycles. The van der Waals surface area contributed by atoms with Gasteiger partial charge in [0.15, 0.2) is 0 Å². The molecule has 0 aromatic rings. The maximum absolute atomic E-state index is 11.8. The quantitative estimate of drug-likeness (QED) is 0.215. The monoisotopic (exact) mass is 384 g/mol. The van der Waals surface area contributed by atoms with Crippen LogP contribution in [-0.2, 0) is 4.79 Å². The van der Waals surface area contributed by atoms with Gasteiger partial charge in [-0.1, -0.05) is 58.3 Å². The van der Waals surface area contributed by atoms with E-state index in [0.717, 1.165) is 58.5 Å². The van der Waals surface area contributed by atoms with Crippen LogP contribution in [0.3, 0.4) is 0 Å². The lowest BCUT2D eigenvalue weighted by Crippen LogP contribution is -2.27. The number of nitrogens with two attached hydrogens (primary N) is 1. The van der Waals surface area contributed by atoms with Gasteiger partial charge in [-0.3, -0.25) is 4.79 Å². The van der Waals surface area contributed by atoms with Crippen LogP contribution < -0.4 is 21.7 Å². The molecule has 0 aromatic carbocycles. The molecule has 162 valence electrons. The molecule has 5 N–H and O–H groups in total. The number of rotatable bonds is 22. The van der Waals surface area contributed by atoms with Gasteiger partial charge in [0.1, 0.15) is 0 Å². The van der Waals surface area contributed by atoms with Crippen LogP contribution >= 0.6 is 0 Å². The third-order valence-corrected chi connectivity index (χ3v) is 4.87. The zero-order valence-electron chi connectivity index (χ0n) is 18.1. The second-order valence-corrected chi connectivity index (χ2v) is 7.63. The van der Waals surface area contributed by atoms with Crippen molar-refractivity contribution in [2.75, 3.05) is 39.3 Å². The Bertz CT molecular complexity index is 300. The maximum Gasteiger partial charge on any atom is 0.219 e. The first kappa shape index (κ1) is 26.4. The molecule has 0 spiro atoms. The molecular formula is C22H48N4O. The van der Waals surface area contributed by atoms with Crippen LogP contribution in [0.2, 0.25) is 0 Å². The fourth-order valence-corrected chi connectivity index (χ4v) is 3.10. The number of unbranched alkanes of at least 4 members (excludes halogenated alkanes) is 9. The summed E-state index contributed by atoms with van der Waals surface area (Å²) in [6.45, 7) is 7.98. The number of hydrogen-bond acceptors (Lipinski definition) is 4. The number of carbonyl (C=O) groups excluding carboxylic acids is 1. The van der Waals surface area contributed by atoms with Crippen molar-refractivity contribution in [2.45, 2.75) is 96.8 Å². The van der Waals surface area contributed by atoms with E-state index in [9.17, 15) is 4.79 Å². The van der Waals surface area contributed by atoms with E-state index in [4.69, 9.17) is 5.73 Å². The Morgan fingerprint density at radius 3 is 1.74 bits per heavy atom. The van der Waals surface area contributed by atoms with Gasteiger partial charge in [0, 0.05) is 13.0 Å². The van der Waals surface area contributed by atoms with Crippen molar-refractivity contribution >= 4 is 5.91 Å².